The van der Waals surface area contributed by atoms with Gasteiger partial charge < -0.3 is 4.90 Å². The maximum absolute atomic E-state index is 4.47. The molecule has 0 N–H and O–H groups in total. The first kappa shape index (κ1) is 10.4. The van der Waals surface area contributed by atoms with E-state index >= 15 is 0 Å². The molecule has 0 saturated carbocycles. The van der Waals surface area contributed by atoms with Gasteiger partial charge in [-0.1, -0.05) is 6.92 Å². The Bertz CT molecular complexity index is 488. The Kier molecular flexibility index (Phi) is 2.61. The van der Waals surface area contributed by atoms with Gasteiger partial charge in [0.1, 0.15) is 16.5 Å². The molecule has 2 rings (SSSR count). The average Bonchev–Trinajstić information content (AvgIpc) is 2.58. The Morgan fingerprint density at radius 2 is 2.07 bits per heavy atom. The summed E-state index contributed by atoms with van der Waals surface area (Å²) in [4.78, 5) is 13.5. The molecule has 2 aromatic rings. The highest BCUT2D eigenvalue weighted by molar-refractivity contribution is 7.18. The first-order valence-corrected chi connectivity index (χ1v) is 5.88. The van der Waals surface area contributed by atoms with Gasteiger partial charge in [0.25, 0.3) is 0 Å². The van der Waals surface area contributed by atoms with Crippen LogP contribution in [0.1, 0.15) is 17.6 Å². The minimum Gasteiger partial charge on any atom is -0.362 e. The van der Waals surface area contributed by atoms with Crippen LogP contribution < -0.4 is 4.90 Å². The van der Waals surface area contributed by atoms with Gasteiger partial charge in [-0.3, -0.25) is 0 Å². The molecular formula is C11H15N3S. The topological polar surface area (TPSA) is 29.0 Å². The predicted molar refractivity (Wildman–Crippen MR) is 65.9 cm³/mol. The van der Waals surface area contributed by atoms with Crippen molar-refractivity contribution in [2.45, 2.75) is 20.3 Å². The molecule has 0 unspecified atom stereocenters. The van der Waals surface area contributed by atoms with Crippen LogP contribution in [0, 0.1) is 6.92 Å². The minimum atomic E-state index is 0.843. The molecule has 0 radical (unpaired) electrons. The van der Waals surface area contributed by atoms with Gasteiger partial charge in [0, 0.05) is 19.0 Å². The molecule has 15 heavy (non-hydrogen) atoms. The Morgan fingerprint density at radius 1 is 1.33 bits per heavy atom. The monoisotopic (exact) mass is 221 g/mol. The van der Waals surface area contributed by atoms with Gasteiger partial charge in [-0.05, 0) is 19.4 Å². The summed E-state index contributed by atoms with van der Waals surface area (Å²) in [5.74, 6) is 1.86. The molecule has 0 saturated heterocycles. The second-order valence-electron chi connectivity index (χ2n) is 3.77. The van der Waals surface area contributed by atoms with E-state index in [0.717, 1.165) is 22.9 Å². The summed E-state index contributed by atoms with van der Waals surface area (Å²) in [7, 11) is 4.04. The molecule has 0 aliphatic heterocycles. The highest BCUT2D eigenvalue weighted by Gasteiger charge is 2.10. The summed E-state index contributed by atoms with van der Waals surface area (Å²) < 4.78 is 0. The van der Waals surface area contributed by atoms with Gasteiger partial charge >= 0.3 is 0 Å². The number of aromatic nitrogens is 2. The molecular weight excluding hydrogens is 206 g/mol. The van der Waals surface area contributed by atoms with Gasteiger partial charge in [-0.25, -0.2) is 9.97 Å². The summed E-state index contributed by atoms with van der Waals surface area (Å²) in [5, 5.41) is 1.17. The molecule has 0 amide bonds. The summed E-state index contributed by atoms with van der Waals surface area (Å²) in [5.41, 5.74) is 0. The second-order valence-corrected chi connectivity index (χ2v) is 4.89. The fraction of sp³-hybridized carbons (Fsp3) is 0.455. The van der Waals surface area contributed by atoms with Gasteiger partial charge in [0.05, 0.1) is 5.39 Å². The number of aryl methyl sites for hydroxylation is 2. The number of fused-ring (bicyclic) bond motifs is 1. The SMILES string of the molecule is CCc1cc2c(N(C)C)nc(C)nc2s1. The van der Waals surface area contributed by atoms with E-state index in [0.29, 0.717) is 0 Å². The van der Waals surface area contributed by atoms with Crippen molar-refractivity contribution in [1.82, 2.24) is 9.97 Å². The molecule has 2 heterocycles. The van der Waals surface area contributed by atoms with E-state index in [-0.39, 0.29) is 0 Å². The number of thiophene rings is 1. The first-order chi connectivity index (χ1) is 7.11. The zero-order valence-electron chi connectivity index (χ0n) is 9.53. The number of rotatable bonds is 2. The molecule has 0 aromatic carbocycles. The molecule has 0 aliphatic rings. The molecule has 2 aromatic heterocycles. The lowest BCUT2D eigenvalue weighted by molar-refractivity contribution is 1.02. The van der Waals surface area contributed by atoms with Crippen LogP contribution in [0.25, 0.3) is 10.2 Å². The Hall–Kier alpha value is -1.16. The quantitative estimate of drug-likeness (QED) is 0.780. The standard InChI is InChI=1S/C11H15N3S/c1-5-8-6-9-10(14(3)4)12-7(2)13-11(9)15-8/h6H,5H2,1-4H3. The van der Waals surface area contributed by atoms with Crippen molar-refractivity contribution >= 4 is 27.4 Å². The molecule has 0 aliphatic carbocycles. The van der Waals surface area contributed by atoms with Gasteiger partial charge in [0.15, 0.2) is 0 Å². The molecule has 0 spiro atoms. The third-order valence-electron chi connectivity index (χ3n) is 2.31. The van der Waals surface area contributed by atoms with Crippen LogP contribution in [0.5, 0.6) is 0 Å². The van der Waals surface area contributed by atoms with Crippen molar-refractivity contribution < 1.29 is 0 Å². The third-order valence-corrected chi connectivity index (χ3v) is 3.48. The summed E-state index contributed by atoms with van der Waals surface area (Å²) in [6.45, 7) is 4.11. The van der Waals surface area contributed by atoms with Crippen LogP contribution in [0.4, 0.5) is 5.82 Å². The molecule has 0 atom stereocenters. The third kappa shape index (κ3) is 1.81. The van der Waals surface area contributed by atoms with E-state index in [2.05, 4.69) is 23.0 Å². The Balaban J connectivity index is 2.72. The minimum absolute atomic E-state index is 0.843. The molecule has 4 heteroatoms. The Labute approximate surface area is 93.8 Å². The number of anilines is 1. The normalized spacial score (nSPS) is 10.9. The largest absolute Gasteiger partial charge is 0.362 e. The summed E-state index contributed by atoms with van der Waals surface area (Å²) in [6, 6.07) is 2.20. The van der Waals surface area contributed by atoms with Crippen LogP contribution in [-0.4, -0.2) is 24.1 Å². The van der Waals surface area contributed by atoms with Gasteiger partial charge in [-0.2, -0.15) is 0 Å². The number of hydrogen-bond acceptors (Lipinski definition) is 4. The summed E-state index contributed by atoms with van der Waals surface area (Å²) in [6.07, 6.45) is 1.06. The molecule has 0 fully saturated rings. The van der Waals surface area contributed by atoms with Crippen molar-refractivity contribution in [1.29, 1.82) is 0 Å². The van der Waals surface area contributed by atoms with Crippen LogP contribution >= 0.6 is 11.3 Å². The fourth-order valence-electron chi connectivity index (χ4n) is 1.58. The van der Waals surface area contributed by atoms with E-state index in [4.69, 9.17) is 0 Å². The van der Waals surface area contributed by atoms with Crippen molar-refractivity contribution in [2.75, 3.05) is 19.0 Å². The predicted octanol–water partition coefficient (Wildman–Crippen LogP) is 2.63. The number of nitrogens with zero attached hydrogens (tertiary/aromatic N) is 3. The van der Waals surface area contributed by atoms with Crippen molar-refractivity contribution in [2.24, 2.45) is 0 Å². The van der Waals surface area contributed by atoms with E-state index in [1.165, 1.54) is 10.3 Å². The lowest BCUT2D eigenvalue weighted by Gasteiger charge is -2.12. The van der Waals surface area contributed by atoms with Crippen LogP contribution in [0.15, 0.2) is 6.07 Å². The zero-order valence-corrected chi connectivity index (χ0v) is 10.4. The lowest BCUT2D eigenvalue weighted by atomic mass is 10.3. The molecule has 0 bridgehead atoms. The lowest BCUT2D eigenvalue weighted by Crippen LogP contribution is -2.11. The summed E-state index contributed by atoms with van der Waals surface area (Å²) >= 11 is 1.77. The van der Waals surface area contributed by atoms with Gasteiger partial charge in [-0.15, -0.1) is 11.3 Å². The van der Waals surface area contributed by atoms with Crippen molar-refractivity contribution in [3.8, 4) is 0 Å². The highest BCUT2D eigenvalue weighted by Crippen LogP contribution is 2.30. The van der Waals surface area contributed by atoms with E-state index in [1.54, 1.807) is 11.3 Å². The number of hydrogen-bond donors (Lipinski definition) is 0. The highest BCUT2D eigenvalue weighted by atomic mass is 32.1. The maximum atomic E-state index is 4.47. The average molecular weight is 221 g/mol. The molecule has 80 valence electrons. The molecule has 3 nitrogen and oxygen atoms in total. The van der Waals surface area contributed by atoms with Crippen LogP contribution in [0.3, 0.4) is 0 Å². The zero-order chi connectivity index (χ0) is 11.0. The van der Waals surface area contributed by atoms with Crippen LogP contribution in [-0.2, 0) is 6.42 Å². The first-order valence-electron chi connectivity index (χ1n) is 5.06. The van der Waals surface area contributed by atoms with E-state index in [9.17, 15) is 0 Å². The second kappa shape index (κ2) is 3.77. The Morgan fingerprint density at radius 3 is 2.67 bits per heavy atom. The van der Waals surface area contributed by atoms with Gasteiger partial charge in [0.2, 0.25) is 0 Å². The van der Waals surface area contributed by atoms with Crippen LogP contribution in [0.2, 0.25) is 0 Å². The maximum Gasteiger partial charge on any atom is 0.140 e. The fourth-order valence-corrected chi connectivity index (χ4v) is 2.58. The van der Waals surface area contributed by atoms with Crippen molar-refractivity contribution in [3.05, 3.63) is 16.8 Å². The van der Waals surface area contributed by atoms with Crippen molar-refractivity contribution in [3.63, 3.8) is 0 Å². The van der Waals surface area contributed by atoms with E-state index < -0.39 is 0 Å². The smallest absolute Gasteiger partial charge is 0.140 e. The van der Waals surface area contributed by atoms with E-state index in [1.807, 2.05) is 25.9 Å².